The molecule has 3 rings (SSSR count). The third kappa shape index (κ3) is 5.03. The Hall–Kier alpha value is -1.91. The van der Waals surface area contributed by atoms with Gasteiger partial charge in [0.25, 0.3) is 0 Å². The van der Waals surface area contributed by atoms with Gasteiger partial charge in [0.2, 0.25) is 0 Å². The molecule has 25 heavy (non-hydrogen) atoms. The van der Waals surface area contributed by atoms with Gasteiger partial charge in [0.15, 0.2) is 0 Å². The molecule has 2 N–H and O–H groups in total. The van der Waals surface area contributed by atoms with Crippen molar-refractivity contribution >= 4 is 28.5 Å². The van der Waals surface area contributed by atoms with Crippen molar-refractivity contribution in [2.45, 2.75) is 6.10 Å². The van der Waals surface area contributed by atoms with Crippen LogP contribution in [0, 0.1) is 0 Å². The molecule has 0 aliphatic carbocycles. The van der Waals surface area contributed by atoms with Crippen LogP contribution in [0.4, 0.5) is 0 Å². The maximum atomic E-state index is 10.3. The molecule has 0 spiro atoms. The standard InChI is InChI=1S/C21H20ClNOS/c22-18-10-8-17(9-11-18)20(24)15-23-13-12-19(21-7-4-14-25-21)16-5-2-1-3-6-16/h1-12,14,20,23-24H,13,15H2/b19-12+. The zero-order chi connectivity index (χ0) is 17.5. The molecule has 0 aliphatic heterocycles. The van der Waals surface area contributed by atoms with E-state index >= 15 is 0 Å². The van der Waals surface area contributed by atoms with Gasteiger partial charge in [0.05, 0.1) is 6.10 Å². The van der Waals surface area contributed by atoms with Gasteiger partial charge in [-0.15, -0.1) is 11.3 Å². The van der Waals surface area contributed by atoms with E-state index in [0.29, 0.717) is 18.1 Å². The summed E-state index contributed by atoms with van der Waals surface area (Å²) in [4.78, 5) is 1.24. The number of halogens is 1. The molecule has 0 radical (unpaired) electrons. The molecule has 0 saturated heterocycles. The molecule has 2 nitrogen and oxygen atoms in total. The smallest absolute Gasteiger partial charge is 0.0914 e. The van der Waals surface area contributed by atoms with Gasteiger partial charge in [0.1, 0.15) is 0 Å². The molecule has 4 heteroatoms. The number of hydrogen-bond acceptors (Lipinski definition) is 3. The summed E-state index contributed by atoms with van der Waals surface area (Å²) in [6.07, 6.45) is 1.63. The summed E-state index contributed by atoms with van der Waals surface area (Å²) in [5.41, 5.74) is 3.27. The maximum absolute atomic E-state index is 10.3. The number of hydrogen-bond donors (Lipinski definition) is 2. The topological polar surface area (TPSA) is 32.3 Å². The van der Waals surface area contributed by atoms with E-state index in [0.717, 1.165) is 5.56 Å². The molecule has 1 unspecified atom stereocenters. The van der Waals surface area contributed by atoms with Crippen molar-refractivity contribution in [1.29, 1.82) is 0 Å². The molecular formula is C21H20ClNOS. The fourth-order valence-electron chi connectivity index (χ4n) is 2.61. The zero-order valence-corrected chi connectivity index (χ0v) is 15.3. The first kappa shape index (κ1) is 17.9. The Morgan fingerprint density at radius 2 is 1.80 bits per heavy atom. The largest absolute Gasteiger partial charge is 0.387 e. The molecule has 0 saturated carbocycles. The molecule has 0 fully saturated rings. The Morgan fingerprint density at radius 3 is 2.48 bits per heavy atom. The predicted octanol–water partition coefficient (Wildman–Crippen LogP) is 5.16. The highest BCUT2D eigenvalue weighted by Crippen LogP contribution is 2.26. The van der Waals surface area contributed by atoms with E-state index in [1.54, 1.807) is 23.5 Å². The molecule has 2 aromatic carbocycles. The van der Waals surface area contributed by atoms with E-state index in [4.69, 9.17) is 11.6 Å². The number of benzene rings is 2. The maximum Gasteiger partial charge on any atom is 0.0914 e. The van der Waals surface area contributed by atoms with Gasteiger partial charge < -0.3 is 10.4 Å². The fraction of sp³-hybridized carbons (Fsp3) is 0.143. The summed E-state index contributed by atoms with van der Waals surface area (Å²) in [5, 5.41) is 16.3. The van der Waals surface area contributed by atoms with Crippen molar-refractivity contribution in [2.75, 3.05) is 13.1 Å². The second-order valence-corrected chi connectivity index (χ2v) is 7.07. The van der Waals surface area contributed by atoms with E-state index in [1.165, 1.54) is 16.0 Å². The second kappa shape index (κ2) is 8.97. The number of rotatable bonds is 7. The minimum atomic E-state index is -0.549. The van der Waals surface area contributed by atoms with Gasteiger partial charge in [-0.3, -0.25) is 0 Å². The third-order valence-corrected chi connectivity index (χ3v) is 5.07. The molecule has 1 aromatic heterocycles. The summed E-state index contributed by atoms with van der Waals surface area (Å²) < 4.78 is 0. The third-order valence-electron chi connectivity index (χ3n) is 3.91. The Balaban J connectivity index is 1.63. The number of aliphatic hydroxyl groups is 1. The molecule has 3 aromatic rings. The van der Waals surface area contributed by atoms with Crippen LogP contribution in [0.5, 0.6) is 0 Å². The SMILES string of the molecule is OC(CNC/C=C(\c1ccccc1)c1cccs1)c1ccc(Cl)cc1. The molecule has 0 bridgehead atoms. The van der Waals surface area contributed by atoms with Crippen LogP contribution < -0.4 is 5.32 Å². The van der Waals surface area contributed by atoms with Crippen LogP contribution in [0.15, 0.2) is 78.2 Å². The van der Waals surface area contributed by atoms with E-state index in [9.17, 15) is 5.11 Å². The molecule has 128 valence electrons. The first-order valence-corrected chi connectivity index (χ1v) is 9.43. The predicted molar refractivity (Wildman–Crippen MR) is 107 cm³/mol. The lowest BCUT2D eigenvalue weighted by atomic mass is 10.0. The van der Waals surface area contributed by atoms with Gasteiger partial charge in [-0.05, 0) is 40.3 Å². The highest BCUT2D eigenvalue weighted by Gasteiger charge is 2.08. The van der Waals surface area contributed by atoms with Crippen LogP contribution >= 0.6 is 22.9 Å². The monoisotopic (exact) mass is 369 g/mol. The Labute approximate surface area is 157 Å². The lowest BCUT2D eigenvalue weighted by molar-refractivity contribution is 0.176. The van der Waals surface area contributed by atoms with Gasteiger partial charge in [-0.25, -0.2) is 0 Å². The Morgan fingerprint density at radius 1 is 1.04 bits per heavy atom. The summed E-state index contributed by atoms with van der Waals surface area (Å²) >= 11 is 7.61. The Bertz CT molecular complexity index is 798. The lowest BCUT2D eigenvalue weighted by Gasteiger charge is -2.12. The van der Waals surface area contributed by atoms with Crippen LogP contribution in [0.25, 0.3) is 5.57 Å². The van der Waals surface area contributed by atoms with E-state index in [-0.39, 0.29) is 0 Å². The van der Waals surface area contributed by atoms with Crippen LogP contribution in [-0.2, 0) is 0 Å². The summed E-state index contributed by atoms with van der Waals surface area (Å²) in [7, 11) is 0. The summed E-state index contributed by atoms with van der Waals surface area (Å²) in [6.45, 7) is 1.18. The number of nitrogens with one attached hydrogen (secondary N) is 1. The average molecular weight is 370 g/mol. The second-order valence-electron chi connectivity index (χ2n) is 5.69. The molecule has 1 atom stereocenters. The normalized spacial score (nSPS) is 13.0. The van der Waals surface area contributed by atoms with Crippen molar-refractivity contribution in [3.05, 3.63) is 99.2 Å². The quantitative estimate of drug-likeness (QED) is 0.564. The molecular weight excluding hydrogens is 350 g/mol. The van der Waals surface area contributed by atoms with Crippen molar-refractivity contribution in [1.82, 2.24) is 5.32 Å². The highest BCUT2D eigenvalue weighted by atomic mass is 35.5. The van der Waals surface area contributed by atoms with Crippen molar-refractivity contribution in [3.8, 4) is 0 Å². The highest BCUT2D eigenvalue weighted by molar-refractivity contribution is 7.11. The molecule has 0 amide bonds. The van der Waals surface area contributed by atoms with E-state index in [2.05, 4.69) is 53.2 Å². The fourth-order valence-corrected chi connectivity index (χ4v) is 3.52. The van der Waals surface area contributed by atoms with Crippen molar-refractivity contribution in [3.63, 3.8) is 0 Å². The van der Waals surface area contributed by atoms with Gasteiger partial charge in [0, 0.05) is 23.0 Å². The van der Waals surface area contributed by atoms with Gasteiger partial charge >= 0.3 is 0 Å². The van der Waals surface area contributed by atoms with Crippen LogP contribution in [0.3, 0.4) is 0 Å². The summed E-state index contributed by atoms with van der Waals surface area (Å²) in [6, 6.07) is 21.9. The zero-order valence-electron chi connectivity index (χ0n) is 13.7. The van der Waals surface area contributed by atoms with Crippen LogP contribution in [-0.4, -0.2) is 18.2 Å². The lowest BCUT2D eigenvalue weighted by Crippen LogP contribution is -2.21. The number of thiophene rings is 1. The average Bonchev–Trinajstić information content (AvgIpc) is 3.17. The van der Waals surface area contributed by atoms with E-state index in [1.807, 2.05) is 18.2 Å². The number of aliphatic hydroxyl groups excluding tert-OH is 1. The first-order valence-electron chi connectivity index (χ1n) is 8.18. The Kier molecular flexibility index (Phi) is 6.42. The first-order chi connectivity index (χ1) is 12.2. The summed E-state index contributed by atoms with van der Waals surface area (Å²) in [5.74, 6) is 0. The van der Waals surface area contributed by atoms with Crippen LogP contribution in [0.1, 0.15) is 22.1 Å². The molecule has 1 heterocycles. The van der Waals surface area contributed by atoms with Gasteiger partial charge in [-0.1, -0.05) is 66.2 Å². The molecule has 0 aliphatic rings. The van der Waals surface area contributed by atoms with Crippen molar-refractivity contribution < 1.29 is 5.11 Å². The van der Waals surface area contributed by atoms with E-state index < -0.39 is 6.10 Å². The van der Waals surface area contributed by atoms with Crippen molar-refractivity contribution in [2.24, 2.45) is 0 Å². The minimum Gasteiger partial charge on any atom is -0.387 e. The van der Waals surface area contributed by atoms with Crippen LogP contribution in [0.2, 0.25) is 5.02 Å². The minimum absolute atomic E-state index is 0.491. The van der Waals surface area contributed by atoms with Gasteiger partial charge in [-0.2, -0.15) is 0 Å².